The van der Waals surface area contributed by atoms with Crippen LogP contribution >= 0.6 is 11.8 Å². The molecule has 0 bridgehead atoms. The van der Waals surface area contributed by atoms with Crippen molar-refractivity contribution < 1.29 is 0 Å². The number of nitriles is 1. The molecule has 0 radical (unpaired) electrons. The van der Waals surface area contributed by atoms with E-state index in [1.165, 1.54) is 0 Å². The van der Waals surface area contributed by atoms with E-state index in [9.17, 15) is 0 Å². The van der Waals surface area contributed by atoms with Gasteiger partial charge < -0.3 is 0 Å². The average Bonchev–Trinajstić information content (AvgIpc) is 2.71. The van der Waals surface area contributed by atoms with Crippen molar-refractivity contribution in [2.75, 3.05) is 5.75 Å². The Morgan fingerprint density at radius 2 is 2.12 bits per heavy atom. The summed E-state index contributed by atoms with van der Waals surface area (Å²) < 4.78 is 0. The van der Waals surface area contributed by atoms with Crippen LogP contribution in [-0.4, -0.2) is 16.3 Å². The molecule has 1 heterocycles. The van der Waals surface area contributed by atoms with Crippen LogP contribution in [0.5, 0.6) is 0 Å². The van der Waals surface area contributed by atoms with Crippen LogP contribution in [-0.2, 0) is 0 Å². The molecule has 1 aliphatic heterocycles. The van der Waals surface area contributed by atoms with Crippen LogP contribution < -0.4 is 0 Å². The number of aliphatic imine (C=N–C) groups is 1. The Labute approximate surface area is 99.7 Å². The van der Waals surface area contributed by atoms with Crippen LogP contribution in [0.4, 0.5) is 0 Å². The molecule has 1 aliphatic rings. The third kappa shape index (κ3) is 2.53. The van der Waals surface area contributed by atoms with Gasteiger partial charge in [0, 0.05) is 5.75 Å². The first kappa shape index (κ1) is 11.0. The van der Waals surface area contributed by atoms with E-state index >= 15 is 0 Å². The maximum Gasteiger partial charge on any atom is 0.154 e. The molecule has 0 fully saturated rings. The van der Waals surface area contributed by atoms with Crippen molar-refractivity contribution in [2.45, 2.75) is 12.5 Å². The molecule has 1 aromatic carbocycles. The lowest BCUT2D eigenvalue weighted by Gasteiger charge is -2.05. The highest BCUT2D eigenvalue weighted by molar-refractivity contribution is 8.14. The van der Waals surface area contributed by atoms with Crippen LogP contribution in [0, 0.1) is 11.3 Å². The average molecular weight is 228 g/mol. The lowest BCUT2D eigenvalue weighted by atomic mass is 10.1. The summed E-state index contributed by atoms with van der Waals surface area (Å²) >= 11 is 1.63. The van der Waals surface area contributed by atoms with Gasteiger partial charge in [0.15, 0.2) is 5.54 Å². The molecular formula is C13H12N2S. The zero-order valence-electron chi connectivity index (χ0n) is 9.05. The quantitative estimate of drug-likeness (QED) is 0.779. The van der Waals surface area contributed by atoms with Crippen molar-refractivity contribution in [1.29, 1.82) is 5.26 Å². The van der Waals surface area contributed by atoms with E-state index in [1.54, 1.807) is 11.8 Å². The molecule has 0 aliphatic carbocycles. The summed E-state index contributed by atoms with van der Waals surface area (Å²) in [5.74, 6) is 0.748. The number of hydrogen-bond acceptors (Lipinski definition) is 3. The van der Waals surface area contributed by atoms with Crippen molar-refractivity contribution in [3.63, 3.8) is 0 Å². The van der Waals surface area contributed by atoms with Crippen LogP contribution in [0.1, 0.15) is 12.5 Å². The largest absolute Gasteiger partial charge is 0.256 e. The molecule has 3 heteroatoms. The number of nitrogens with zero attached hydrogens (tertiary/aromatic N) is 2. The van der Waals surface area contributed by atoms with E-state index in [0.29, 0.717) is 0 Å². The number of hydrogen-bond donors (Lipinski definition) is 0. The lowest BCUT2D eigenvalue weighted by molar-refractivity contribution is 0.698. The highest BCUT2D eigenvalue weighted by atomic mass is 32.2. The third-order valence-corrected chi connectivity index (χ3v) is 3.55. The van der Waals surface area contributed by atoms with Crippen LogP contribution in [0.15, 0.2) is 41.4 Å². The zero-order chi connectivity index (χ0) is 11.4. The van der Waals surface area contributed by atoms with Crippen LogP contribution in [0.25, 0.3) is 6.08 Å². The Hall–Kier alpha value is -1.53. The fourth-order valence-corrected chi connectivity index (χ4v) is 2.38. The fourth-order valence-electron chi connectivity index (χ4n) is 1.40. The molecule has 0 saturated heterocycles. The Morgan fingerprint density at radius 3 is 2.75 bits per heavy atom. The molecule has 0 unspecified atom stereocenters. The van der Waals surface area contributed by atoms with Gasteiger partial charge in [-0.2, -0.15) is 5.26 Å². The van der Waals surface area contributed by atoms with Crippen molar-refractivity contribution in [2.24, 2.45) is 4.99 Å². The monoisotopic (exact) mass is 228 g/mol. The summed E-state index contributed by atoms with van der Waals surface area (Å²) in [6, 6.07) is 12.3. The maximum atomic E-state index is 8.93. The molecule has 1 atom stereocenters. The Kier molecular flexibility index (Phi) is 3.12. The Morgan fingerprint density at radius 1 is 1.38 bits per heavy atom. The summed E-state index contributed by atoms with van der Waals surface area (Å²) in [7, 11) is 0. The van der Waals surface area contributed by atoms with Gasteiger partial charge in [-0.1, -0.05) is 36.4 Å². The van der Waals surface area contributed by atoms with Gasteiger partial charge in [0.25, 0.3) is 0 Å². The highest BCUT2D eigenvalue weighted by Gasteiger charge is 2.29. The topological polar surface area (TPSA) is 36.1 Å². The predicted molar refractivity (Wildman–Crippen MR) is 69.4 cm³/mol. The van der Waals surface area contributed by atoms with Crippen LogP contribution in [0.3, 0.4) is 0 Å². The van der Waals surface area contributed by atoms with E-state index in [4.69, 9.17) is 5.26 Å². The summed E-state index contributed by atoms with van der Waals surface area (Å²) in [4.78, 5) is 4.39. The smallest absolute Gasteiger partial charge is 0.154 e. The van der Waals surface area contributed by atoms with E-state index < -0.39 is 5.54 Å². The van der Waals surface area contributed by atoms with E-state index in [-0.39, 0.29) is 0 Å². The summed E-state index contributed by atoms with van der Waals surface area (Å²) in [5.41, 5.74) is 0.609. The SMILES string of the molecule is C[C@@]1(C#N)CSC(/C=C/c2ccccc2)=N1. The number of benzene rings is 1. The van der Waals surface area contributed by atoms with Crippen molar-refractivity contribution in [1.82, 2.24) is 0 Å². The maximum absolute atomic E-state index is 8.93. The molecule has 2 nitrogen and oxygen atoms in total. The standard InChI is InChI=1S/C13H12N2S/c1-13(9-14)10-16-12(15-13)8-7-11-5-3-2-4-6-11/h2-8H,10H2,1H3/b8-7+/t13-/m1/s1. The first-order chi connectivity index (χ1) is 7.72. The Balaban J connectivity index is 2.11. The first-order valence-corrected chi connectivity index (χ1v) is 6.07. The minimum atomic E-state index is -0.541. The molecule has 0 amide bonds. The third-order valence-electron chi connectivity index (χ3n) is 2.32. The molecule has 1 aromatic rings. The normalized spacial score (nSPS) is 24.4. The fraction of sp³-hybridized carbons (Fsp3) is 0.231. The van der Waals surface area contributed by atoms with Crippen molar-refractivity contribution in [3.05, 3.63) is 42.0 Å². The molecule has 80 valence electrons. The number of thioether (sulfide) groups is 1. The van der Waals surface area contributed by atoms with Gasteiger partial charge in [-0.05, 0) is 18.6 Å². The predicted octanol–water partition coefficient (Wildman–Crippen LogP) is 3.13. The van der Waals surface area contributed by atoms with E-state index in [2.05, 4.69) is 11.1 Å². The van der Waals surface area contributed by atoms with Gasteiger partial charge in [0.05, 0.1) is 11.1 Å². The molecule has 0 saturated carbocycles. The second kappa shape index (κ2) is 4.54. The minimum absolute atomic E-state index is 0.541. The molecule has 16 heavy (non-hydrogen) atoms. The van der Waals surface area contributed by atoms with Crippen molar-refractivity contribution >= 4 is 22.9 Å². The number of rotatable bonds is 2. The van der Waals surface area contributed by atoms with Gasteiger partial charge in [0.1, 0.15) is 0 Å². The second-order valence-corrected chi connectivity index (χ2v) is 4.86. The molecule has 0 spiro atoms. The highest BCUT2D eigenvalue weighted by Crippen LogP contribution is 2.27. The summed E-state index contributed by atoms with van der Waals surface area (Å²) in [5, 5.41) is 9.87. The molecule has 0 N–H and O–H groups in total. The van der Waals surface area contributed by atoms with E-state index in [1.807, 2.05) is 49.4 Å². The van der Waals surface area contributed by atoms with Crippen LogP contribution in [0.2, 0.25) is 0 Å². The summed E-state index contributed by atoms with van der Waals surface area (Å²) in [6.07, 6.45) is 4.00. The van der Waals surface area contributed by atoms with E-state index in [0.717, 1.165) is 16.4 Å². The summed E-state index contributed by atoms with van der Waals surface area (Å²) in [6.45, 7) is 1.86. The molecular weight excluding hydrogens is 216 g/mol. The zero-order valence-corrected chi connectivity index (χ0v) is 9.87. The van der Waals surface area contributed by atoms with Gasteiger partial charge in [-0.15, -0.1) is 11.8 Å². The lowest BCUT2D eigenvalue weighted by Crippen LogP contribution is -2.18. The van der Waals surface area contributed by atoms with Gasteiger partial charge >= 0.3 is 0 Å². The van der Waals surface area contributed by atoms with Gasteiger partial charge in [-0.25, -0.2) is 0 Å². The first-order valence-electron chi connectivity index (χ1n) is 5.09. The minimum Gasteiger partial charge on any atom is -0.256 e. The second-order valence-electron chi connectivity index (χ2n) is 3.87. The van der Waals surface area contributed by atoms with Crippen molar-refractivity contribution in [3.8, 4) is 6.07 Å². The van der Waals surface area contributed by atoms with Gasteiger partial charge in [-0.3, -0.25) is 4.99 Å². The van der Waals surface area contributed by atoms with Gasteiger partial charge in [0.2, 0.25) is 0 Å². The molecule has 2 rings (SSSR count). The molecule has 0 aromatic heterocycles. The Bertz CT molecular complexity index is 470.